The molecular weight excluding hydrogens is 397 g/mol. The van der Waals surface area contributed by atoms with E-state index in [4.69, 9.17) is 11.1 Å². The topological polar surface area (TPSA) is 80.1 Å². The average molecular weight is 410 g/mol. The second kappa shape index (κ2) is 6.34. The second-order valence-corrected chi connectivity index (χ2v) is 6.65. The summed E-state index contributed by atoms with van der Waals surface area (Å²) in [4.78, 5) is 4.54. The molecule has 0 saturated heterocycles. The molecule has 2 aromatic carbocycles. The fourth-order valence-electron chi connectivity index (χ4n) is 2.76. The van der Waals surface area contributed by atoms with Gasteiger partial charge in [0, 0.05) is 15.6 Å². The lowest BCUT2D eigenvalue weighted by atomic mass is 10.1. The van der Waals surface area contributed by atoms with Crippen LogP contribution in [-0.4, -0.2) is 20.4 Å². The van der Waals surface area contributed by atoms with E-state index in [0.29, 0.717) is 22.6 Å². The summed E-state index contributed by atoms with van der Waals surface area (Å²) >= 11 is 3.47. The monoisotopic (exact) mass is 409 g/mol. The number of hydrogen-bond donors (Lipinski definition) is 2. The molecule has 0 atom stereocenters. The predicted molar refractivity (Wildman–Crippen MR) is 103 cm³/mol. The smallest absolute Gasteiger partial charge is 0.182 e. The number of nitrogens with zero attached hydrogens (tertiary/aromatic N) is 3. The maximum Gasteiger partial charge on any atom is 0.182 e. The molecular formula is C19H13BrFN5. The Kier molecular flexibility index (Phi) is 4.00. The number of rotatable bonds is 3. The number of pyridine rings is 1. The van der Waals surface area contributed by atoms with E-state index in [1.165, 1.54) is 12.1 Å². The van der Waals surface area contributed by atoms with Gasteiger partial charge < -0.3 is 5.73 Å². The first-order valence-corrected chi connectivity index (χ1v) is 8.58. The lowest BCUT2D eigenvalue weighted by molar-refractivity contribution is 0.628. The number of amidine groups is 1. The van der Waals surface area contributed by atoms with Gasteiger partial charge >= 0.3 is 0 Å². The van der Waals surface area contributed by atoms with Crippen molar-refractivity contribution in [2.45, 2.75) is 0 Å². The maximum atomic E-state index is 13.2. The molecule has 0 unspecified atom stereocenters. The van der Waals surface area contributed by atoms with E-state index in [9.17, 15) is 4.39 Å². The first kappa shape index (κ1) is 16.4. The molecule has 2 aromatic heterocycles. The quantitative estimate of drug-likeness (QED) is 0.392. The van der Waals surface area contributed by atoms with Crippen LogP contribution in [0.2, 0.25) is 0 Å². The van der Waals surface area contributed by atoms with Gasteiger partial charge in [0.05, 0.1) is 11.3 Å². The van der Waals surface area contributed by atoms with E-state index < -0.39 is 0 Å². The van der Waals surface area contributed by atoms with Gasteiger partial charge in [0.2, 0.25) is 0 Å². The minimum Gasteiger partial charge on any atom is -0.384 e. The molecule has 3 N–H and O–H groups in total. The van der Waals surface area contributed by atoms with Crippen molar-refractivity contribution in [3.05, 3.63) is 76.5 Å². The molecule has 0 aliphatic heterocycles. The lowest BCUT2D eigenvalue weighted by Crippen LogP contribution is -2.13. The summed E-state index contributed by atoms with van der Waals surface area (Å²) in [6, 6.07) is 17.4. The summed E-state index contributed by atoms with van der Waals surface area (Å²) in [5.74, 6) is 0.0283. The number of hydrogen-bond acceptors (Lipinski definition) is 3. The fourth-order valence-corrected chi connectivity index (χ4v) is 3.16. The second-order valence-electron chi connectivity index (χ2n) is 5.73. The SMILES string of the molecule is N=C(N)c1ccc(-c2cccc(Br)c2)n2nc(-c3ccc(F)cc3)nc12. The highest BCUT2D eigenvalue weighted by Gasteiger charge is 2.16. The average Bonchev–Trinajstić information content (AvgIpc) is 3.06. The normalized spacial score (nSPS) is 11.0. The maximum absolute atomic E-state index is 13.2. The molecule has 128 valence electrons. The van der Waals surface area contributed by atoms with Gasteiger partial charge in [-0.05, 0) is 48.5 Å². The third-order valence-electron chi connectivity index (χ3n) is 4.00. The Labute approximate surface area is 156 Å². The van der Waals surface area contributed by atoms with E-state index in [1.807, 2.05) is 30.3 Å². The number of nitrogens with two attached hydrogens (primary N) is 1. The van der Waals surface area contributed by atoms with E-state index >= 15 is 0 Å². The summed E-state index contributed by atoms with van der Waals surface area (Å²) in [6.45, 7) is 0. The summed E-state index contributed by atoms with van der Waals surface area (Å²) in [7, 11) is 0. The summed E-state index contributed by atoms with van der Waals surface area (Å²) < 4.78 is 15.8. The first-order chi connectivity index (χ1) is 12.5. The number of fused-ring (bicyclic) bond motifs is 1. The Balaban J connectivity index is 1.98. The number of aromatic nitrogens is 3. The van der Waals surface area contributed by atoms with E-state index in [2.05, 4.69) is 26.0 Å². The van der Waals surface area contributed by atoms with Crippen LogP contribution in [0.4, 0.5) is 4.39 Å². The van der Waals surface area contributed by atoms with Crippen molar-refractivity contribution in [2.24, 2.45) is 5.73 Å². The molecule has 0 saturated carbocycles. The molecule has 0 aliphatic carbocycles. The molecule has 26 heavy (non-hydrogen) atoms. The third-order valence-corrected chi connectivity index (χ3v) is 4.49. The summed E-state index contributed by atoms with van der Waals surface area (Å²) in [5, 5.41) is 12.4. The Morgan fingerprint density at radius 3 is 2.50 bits per heavy atom. The van der Waals surface area contributed by atoms with Crippen molar-refractivity contribution < 1.29 is 4.39 Å². The summed E-state index contributed by atoms with van der Waals surface area (Å²) in [6.07, 6.45) is 0. The molecule has 0 amide bonds. The van der Waals surface area contributed by atoms with Gasteiger partial charge in [-0.2, -0.15) is 0 Å². The van der Waals surface area contributed by atoms with Crippen molar-refractivity contribution in [3.8, 4) is 22.6 Å². The van der Waals surface area contributed by atoms with Crippen molar-refractivity contribution in [2.75, 3.05) is 0 Å². The van der Waals surface area contributed by atoms with Crippen molar-refractivity contribution in [3.63, 3.8) is 0 Å². The van der Waals surface area contributed by atoms with Crippen LogP contribution in [0.25, 0.3) is 28.3 Å². The highest BCUT2D eigenvalue weighted by atomic mass is 79.9. The van der Waals surface area contributed by atoms with E-state index in [0.717, 1.165) is 15.7 Å². The van der Waals surface area contributed by atoms with Crippen LogP contribution < -0.4 is 5.73 Å². The van der Waals surface area contributed by atoms with Gasteiger partial charge in [0.25, 0.3) is 0 Å². The zero-order valence-corrected chi connectivity index (χ0v) is 15.0. The van der Waals surface area contributed by atoms with Crippen LogP contribution >= 0.6 is 15.9 Å². The molecule has 5 nitrogen and oxygen atoms in total. The number of benzene rings is 2. The zero-order valence-electron chi connectivity index (χ0n) is 13.4. The molecule has 4 aromatic rings. The van der Waals surface area contributed by atoms with Crippen molar-refractivity contribution in [1.29, 1.82) is 5.41 Å². The van der Waals surface area contributed by atoms with Crippen LogP contribution in [0.3, 0.4) is 0 Å². The van der Waals surface area contributed by atoms with Crippen LogP contribution in [0.1, 0.15) is 5.56 Å². The van der Waals surface area contributed by atoms with Crippen LogP contribution in [0, 0.1) is 11.2 Å². The van der Waals surface area contributed by atoms with Crippen LogP contribution in [0.15, 0.2) is 65.1 Å². The molecule has 2 heterocycles. The van der Waals surface area contributed by atoms with Gasteiger partial charge in [0.15, 0.2) is 11.5 Å². The third kappa shape index (κ3) is 2.86. The minimum absolute atomic E-state index is 0.0890. The minimum atomic E-state index is -0.322. The highest BCUT2D eigenvalue weighted by Crippen LogP contribution is 2.27. The van der Waals surface area contributed by atoms with E-state index in [1.54, 1.807) is 22.7 Å². The number of nitrogen functional groups attached to an aromatic ring is 1. The Morgan fingerprint density at radius 2 is 1.81 bits per heavy atom. The standard InChI is InChI=1S/C19H13BrFN5/c20-13-3-1-2-12(10-13)16-9-8-15(17(22)23)19-24-18(25-26(16)19)11-4-6-14(21)7-5-11/h1-10H,(H3,22,23). The molecule has 4 rings (SSSR count). The Bertz CT molecular complexity index is 1130. The predicted octanol–water partition coefficient (Wildman–Crippen LogP) is 4.25. The molecule has 7 heteroatoms. The van der Waals surface area contributed by atoms with Crippen molar-refractivity contribution >= 4 is 27.4 Å². The Hall–Kier alpha value is -3.06. The highest BCUT2D eigenvalue weighted by molar-refractivity contribution is 9.10. The molecule has 0 aliphatic rings. The largest absolute Gasteiger partial charge is 0.384 e. The molecule has 0 bridgehead atoms. The lowest BCUT2D eigenvalue weighted by Gasteiger charge is -2.07. The van der Waals surface area contributed by atoms with Crippen LogP contribution in [-0.2, 0) is 0 Å². The van der Waals surface area contributed by atoms with Gasteiger partial charge in [-0.1, -0.05) is 28.1 Å². The molecule has 0 radical (unpaired) electrons. The number of halogens is 2. The summed E-state index contributed by atoms with van der Waals surface area (Å²) in [5.41, 5.74) is 9.11. The van der Waals surface area contributed by atoms with Gasteiger partial charge in [-0.25, -0.2) is 13.9 Å². The van der Waals surface area contributed by atoms with Gasteiger partial charge in [0.1, 0.15) is 11.7 Å². The van der Waals surface area contributed by atoms with E-state index in [-0.39, 0.29) is 11.7 Å². The first-order valence-electron chi connectivity index (χ1n) is 7.79. The number of nitrogens with one attached hydrogen (secondary N) is 1. The zero-order chi connectivity index (χ0) is 18.3. The van der Waals surface area contributed by atoms with Crippen molar-refractivity contribution in [1.82, 2.24) is 14.6 Å². The van der Waals surface area contributed by atoms with Gasteiger partial charge in [-0.15, -0.1) is 5.10 Å². The van der Waals surface area contributed by atoms with Crippen LogP contribution in [0.5, 0.6) is 0 Å². The Morgan fingerprint density at radius 1 is 1.04 bits per heavy atom. The molecule has 0 spiro atoms. The van der Waals surface area contributed by atoms with Gasteiger partial charge in [-0.3, -0.25) is 5.41 Å². The fraction of sp³-hybridized carbons (Fsp3) is 0. The molecule has 0 fully saturated rings.